The van der Waals surface area contributed by atoms with E-state index in [-0.39, 0.29) is 5.91 Å². The Labute approximate surface area is 86.3 Å². The average Bonchev–Trinajstić information content (AvgIpc) is 2.52. The Balaban J connectivity index is 2.32. The Bertz CT molecular complexity index is 565. The Kier molecular flexibility index (Phi) is 1.55. The topological polar surface area (TPSA) is 59.2 Å². The third-order valence-corrected chi connectivity index (χ3v) is 2.61. The second kappa shape index (κ2) is 2.77. The summed E-state index contributed by atoms with van der Waals surface area (Å²) in [5.74, 6) is 5.39. The molecule has 2 aromatic rings. The van der Waals surface area contributed by atoms with E-state index in [4.69, 9.17) is 5.84 Å². The van der Waals surface area contributed by atoms with Crippen molar-refractivity contribution in [3.05, 3.63) is 41.6 Å². The number of carbonyl (C=O) groups excluding carboxylic acids is 1. The molecular weight excluding hydrogens is 190 g/mol. The summed E-state index contributed by atoms with van der Waals surface area (Å²) < 4.78 is 0. The first-order valence-corrected chi connectivity index (χ1v) is 4.71. The van der Waals surface area contributed by atoms with Crippen LogP contribution in [0.5, 0.6) is 0 Å². The van der Waals surface area contributed by atoms with Crippen molar-refractivity contribution in [1.82, 2.24) is 9.99 Å². The Morgan fingerprint density at radius 2 is 2.13 bits per heavy atom. The van der Waals surface area contributed by atoms with E-state index in [9.17, 15) is 4.79 Å². The minimum Gasteiger partial charge on any atom is -0.270 e. The summed E-state index contributed by atoms with van der Waals surface area (Å²) >= 11 is 0. The second-order valence-corrected chi connectivity index (χ2v) is 3.61. The standard InChI is InChI=1S/C11H9N3O/c12-14-6-10-8(11(14)15)5-7-3-1-2-4-9(7)13-10/h1-5H,6,12H2. The first-order chi connectivity index (χ1) is 7.25. The van der Waals surface area contributed by atoms with Gasteiger partial charge in [0.15, 0.2) is 0 Å². The van der Waals surface area contributed by atoms with E-state index in [1.807, 2.05) is 30.3 Å². The van der Waals surface area contributed by atoms with Gasteiger partial charge >= 0.3 is 0 Å². The number of hydrogen-bond donors (Lipinski definition) is 1. The molecule has 1 aromatic carbocycles. The van der Waals surface area contributed by atoms with Crippen LogP contribution in [0.2, 0.25) is 0 Å². The summed E-state index contributed by atoms with van der Waals surface area (Å²) in [7, 11) is 0. The van der Waals surface area contributed by atoms with Crippen LogP contribution >= 0.6 is 0 Å². The normalized spacial score (nSPS) is 14.7. The molecule has 1 amide bonds. The van der Waals surface area contributed by atoms with Crippen LogP contribution in [0.3, 0.4) is 0 Å². The molecule has 0 saturated heterocycles. The average molecular weight is 199 g/mol. The third kappa shape index (κ3) is 1.12. The molecule has 0 unspecified atom stereocenters. The number of nitrogens with zero attached hydrogens (tertiary/aromatic N) is 2. The summed E-state index contributed by atoms with van der Waals surface area (Å²) in [6.07, 6.45) is 0. The highest BCUT2D eigenvalue weighted by molar-refractivity contribution is 6.00. The number of fused-ring (bicyclic) bond motifs is 2. The molecule has 0 fully saturated rings. The number of aromatic nitrogens is 1. The molecule has 15 heavy (non-hydrogen) atoms. The zero-order chi connectivity index (χ0) is 10.4. The van der Waals surface area contributed by atoms with E-state index >= 15 is 0 Å². The fourth-order valence-corrected chi connectivity index (χ4v) is 1.85. The quantitative estimate of drug-likeness (QED) is 0.510. The molecule has 0 aliphatic carbocycles. The molecule has 2 N–H and O–H groups in total. The van der Waals surface area contributed by atoms with Gasteiger partial charge in [-0.15, -0.1) is 0 Å². The smallest absolute Gasteiger partial charge is 0.270 e. The maximum Gasteiger partial charge on any atom is 0.270 e. The number of hydrazine groups is 1. The molecule has 1 aromatic heterocycles. The SMILES string of the molecule is NN1Cc2nc3ccccc3cc2C1=O. The van der Waals surface area contributed by atoms with Gasteiger partial charge in [0.25, 0.3) is 5.91 Å². The molecule has 0 spiro atoms. The van der Waals surface area contributed by atoms with Crippen LogP contribution in [-0.2, 0) is 6.54 Å². The van der Waals surface area contributed by atoms with Crippen molar-refractivity contribution in [2.45, 2.75) is 6.54 Å². The van der Waals surface area contributed by atoms with E-state index in [2.05, 4.69) is 4.98 Å². The third-order valence-electron chi connectivity index (χ3n) is 2.61. The molecule has 74 valence electrons. The van der Waals surface area contributed by atoms with Crippen LogP contribution in [0, 0.1) is 0 Å². The predicted molar refractivity (Wildman–Crippen MR) is 55.8 cm³/mol. The van der Waals surface area contributed by atoms with Gasteiger partial charge in [-0.2, -0.15) is 0 Å². The van der Waals surface area contributed by atoms with E-state index < -0.39 is 0 Å². The number of para-hydroxylation sites is 1. The number of pyridine rings is 1. The fraction of sp³-hybridized carbons (Fsp3) is 0.0909. The van der Waals surface area contributed by atoms with E-state index in [0.717, 1.165) is 16.6 Å². The van der Waals surface area contributed by atoms with Crippen LogP contribution < -0.4 is 5.84 Å². The lowest BCUT2D eigenvalue weighted by Crippen LogP contribution is -2.30. The van der Waals surface area contributed by atoms with Crippen LogP contribution in [0.1, 0.15) is 16.1 Å². The van der Waals surface area contributed by atoms with Gasteiger partial charge in [-0.3, -0.25) is 14.8 Å². The molecule has 4 nitrogen and oxygen atoms in total. The van der Waals surface area contributed by atoms with E-state index in [0.29, 0.717) is 12.1 Å². The Morgan fingerprint density at radius 1 is 1.33 bits per heavy atom. The fourth-order valence-electron chi connectivity index (χ4n) is 1.85. The minimum absolute atomic E-state index is 0.150. The summed E-state index contributed by atoms with van der Waals surface area (Å²) in [5, 5.41) is 2.16. The maximum absolute atomic E-state index is 11.6. The van der Waals surface area contributed by atoms with Crippen molar-refractivity contribution < 1.29 is 4.79 Å². The monoisotopic (exact) mass is 199 g/mol. The molecule has 0 saturated carbocycles. The molecule has 1 aliphatic rings. The highest BCUT2D eigenvalue weighted by atomic mass is 16.2. The van der Waals surface area contributed by atoms with Gasteiger partial charge in [0.05, 0.1) is 23.3 Å². The molecule has 2 heterocycles. The van der Waals surface area contributed by atoms with Gasteiger partial charge in [-0.05, 0) is 12.1 Å². The number of carbonyl (C=O) groups is 1. The number of benzene rings is 1. The van der Waals surface area contributed by atoms with Crippen molar-refractivity contribution in [1.29, 1.82) is 0 Å². The number of hydrogen-bond acceptors (Lipinski definition) is 3. The predicted octanol–water partition coefficient (Wildman–Crippen LogP) is 1.06. The van der Waals surface area contributed by atoms with E-state index in [1.54, 1.807) is 0 Å². The maximum atomic E-state index is 11.6. The molecule has 0 radical (unpaired) electrons. The summed E-state index contributed by atoms with van der Waals surface area (Å²) in [4.78, 5) is 16.0. The highest BCUT2D eigenvalue weighted by Crippen LogP contribution is 2.22. The van der Waals surface area contributed by atoms with Crippen molar-refractivity contribution in [2.24, 2.45) is 5.84 Å². The van der Waals surface area contributed by atoms with Crippen molar-refractivity contribution >= 4 is 16.8 Å². The van der Waals surface area contributed by atoms with Gasteiger partial charge < -0.3 is 0 Å². The van der Waals surface area contributed by atoms with E-state index in [1.165, 1.54) is 5.01 Å². The van der Waals surface area contributed by atoms with Gasteiger partial charge in [0.1, 0.15) is 0 Å². The molecule has 3 rings (SSSR count). The summed E-state index contributed by atoms with van der Waals surface area (Å²) in [6, 6.07) is 9.58. The lowest BCUT2D eigenvalue weighted by atomic mass is 10.1. The summed E-state index contributed by atoms with van der Waals surface area (Å²) in [5.41, 5.74) is 2.29. The second-order valence-electron chi connectivity index (χ2n) is 3.61. The molecule has 4 heteroatoms. The number of amides is 1. The molecular formula is C11H9N3O. The van der Waals surface area contributed by atoms with Crippen LogP contribution in [0.4, 0.5) is 0 Å². The lowest BCUT2D eigenvalue weighted by Gasteiger charge is -2.03. The zero-order valence-electron chi connectivity index (χ0n) is 7.97. The van der Waals surface area contributed by atoms with Crippen molar-refractivity contribution in [3.63, 3.8) is 0 Å². The van der Waals surface area contributed by atoms with Gasteiger partial charge in [0.2, 0.25) is 0 Å². The minimum atomic E-state index is -0.150. The first kappa shape index (κ1) is 8.38. The van der Waals surface area contributed by atoms with Gasteiger partial charge in [-0.1, -0.05) is 18.2 Å². The largest absolute Gasteiger partial charge is 0.270 e. The zero-order valence-corrected chi connectivity index (χ0v) is 7.97. The Hall–Kier alpha value is -1.94. The van der Waals surface area contributed by atoms with Gasteiger partial charge in [-0.25, -0.2) is 5.84 Å². The number of rotatable bonds is 0. The summed E-state index contributed by atoms with van der Waals surface area (Å²) in [6.45, 7) is 0.402. The van der Waals surface area contributed by atoms with Crippen LogP contribution in [0.15, 0.2) is 30.3 Å². The first-order valence-electron chi connectivity index (χ1n) is 4.71. The van der Waals surface area contributed by atoms with Crippen molar-refractivity contribution in [3.8, 4) is 0 Å². The van der Waals surface area contributed by atoms with Crippen LogP contribution in [0.25, 0.3) is 10.9 Å². The number of nitrogens with two attached hydrogens (primary N) is 1. The van der Waals surface area contributed by atoms with Gasteiger partial charge in [0, 0.05) is 5.39 Å². The highest BCUT2D eigenvalue weighted by Gasteiger charge is 2.26. The molecule has 0 bridgehead atoms. The van der Waals surface area contributed by atoms with Crippen molar-refractivity contribution in [2.75, 3.05) is 0 Å². The molecule has 0 atom stereocenters. The molecule has 1 aliphatic heterocycles. The Morgan fingerprint density at radius 3 is 3.00 bits per heavy atom. The van der Waals surface area contributed by atoms with Crippen LogP contribution in [-0.4, -0.2) is 15.9 Å². The lowest BCUT2D eigenvalue weighted by molar-refractivity contribution is 0.0778.